The highest BCUT2D eigenvalue weighted by atomic mass is 16.3. The molecule has 0 aromatic rings. The Hall–Kier alpha value is -0.0800. The van der Waals surface area contributed by atoms with Crippen LogP contribution in [0.5, 0.6) is 0 Å². The first-order chi connectivity index (χ1) is 8.41. The van der Waals surface area contributed by atoms with E-state index in [-0.39, 0.29) is 0 Å². The van der Waals surface area contributed by atoms with E-state index in [2.05, 4.69) is 34.6 Å². The molecule has 0 spiro atoms. The first-order valence-electron chi connectivity index (χ1n) is 7.62. The van der Waals surface area contributed by atoms with Gasteiger partial charge in [-0.2, -0.15) is 0 Å². The first-order valence-corrected chi connectivity index (χ1v) is 7.62. The number of unbranched alkanes of at least 4 members (excludes halogenated alkanes) is 3. The molecule has 0 bridgehead atoms. The van der Waals surface area contributed by atoms with Crippen LogP contribution in [0.4, 0.5) is 0 Å². The molecule has 0 aliphatic heterocycles. The van der Waals surface area contributed by atoms with E-state index in [1.807, 2.05) is 0 Å². The van der Waals surface area contributed by atoms with E-state index < -0.39 is 0 Å². The molecular weight excluding hydrogens is 224 g/mol. The molecule has 0 saturated carbocycles. The highest BCUT2D eigenvalue weighted by Crippen LogP contribution is 2.22. The van der Waals surface area contributed by atoms with Crippen LogP contribution in [0, 0.1) is 11.3 Å². The summed E-state index contributed by atoms with van der Waals surface area (Å²) in [7, 11) is 0. The van der Waals surface area contributed by atoms with Crippen LogP contribution in [0.3, 0.4) is 0 Å². The molecule has 0 aromatic carbocycles. The zero-order valence-corrected chi connectivity index (χ0v) is 13.3. The zero-order valence-electron chi connectivity index (χ0n) is 13.3. The molecule has 2 heteroatoms. The van der Waals surface area contributed by atoms with Crippen molar-refractivity contribution < 1.29 is 10.2 Å². The van der Waals surface area contributed by atoms with Gasteiger partial charge in [0.05, 0.1) is 0 Å². The third-order valence-electron chi connectivity index (χ3n) is 3.25. The second-order valence-electron chi connectivity index (χ2n) is 6.31. The maximum Gasteiger partial charge on any atom is 0.0459 e. The Morgan fingerprint density at radius 3 is 1.61 bits per heavy atom. The molecule has 0 radical (unpaired) electrons. The van der Waals surface area contributed by atoms with Crippen LogP contribution in [-0.4, -0.2) is 23.4 Å². The standard InChI is InChI=1S/C10H22O.C6H14O/c1-10(2,3)8-6-4-5-7-9-11;1-3-6(4-2)5-7/h11H,4-9H2,1-3H3;6-7H,3-5H2,1-2H3. The SMILES string of the molecule is CC(C)(C)CCCCCCO.CCC(CC)CO. The molecule has 0 unspecified atom stereocenters. The van der Waals surface area contributed by atoms with Crippen molar-refractivity contribution in [2.75, 3.05) is 13.2 Å². The summed E-state index contributed by atoms with van der Waals surface area (Å²) in [6.07, 6.45) is 8.26. The summed E-state index contributed by atoms with van der Waals surface area (Å²) in [5.41, 5.74) is 0.485. The Labute approximate surface area is 115 Å². The summed E-state index contributed by atoms with van der Waals surface area (Å²) in [4.78, 5) is 0. The highest BCUT2D eigenvalue weighted by Gasteiger charge is 2.08. The van der Waals surface area contributed by atoms with Gasteiger partial charge in [-0.3, -0.25) is 0 Å². The molecule has 2 nitrogen and oxygen atoms in total. The topological polar surface area (TPSA) is 40.5 Å². The summed E-state index contributed by atoms with van der Waals surface area (Å²) in [6, 6.07) is 0. The number of hydrogen-bond acceptors (Lipinski definition) is 2. The molecule has 0 amide bonds. The lowest BCUT2D eigenvalue weighted by Gasteiger charge is -2.17. The fourth-order valence-corrected chi connectivity index (χ4v) is 1.67. The molecule has 0 saturated heterocycles. The maximum atomic E-state index is 8.53. The van der Waals surface area contributed by atoms with Crippen molar-refractivity contribution in [3.63, 3.8) is 0 Å². The minimum absolute atomic E-state index is 0.354. The van der Waals surface area contributed by atoms with Crippen LogP contribution in [0.25, 0.3) is 0 Å². The van der Waals surface area contributed by atoms with Gasteiger partial charge in [0.25, 0.3) is 0 Å². The van der Waals surface area contributed by atoms with Crippen molar-refractivity contribution in [1.82, 2.24) is 0 Å². The van der Waals surface area contributed by atoms with Gasteiger partial charge in [0.2, 0.25) is 0 Å². The van der Waals surface area contributed by atoms with Gasteiger partial charge in [-0.25, -0.2) is 0 Å². The summed E-state index contributed by atoms with van der Waals surface area (Å²) >= 11 is 0. The summed E-state index contributed by atoms with van der Waals surface area (Å²) in [5.74, 6) is 0.542. The Balaban J connectivity index is 0. The number of hydrogen-bond donors (Lipinski definition) is 2. The molecule has 0 fully saturated rings. The molecule has 0 atom stereocenters. The monoisotopic (exact) mass is 260 g/mol. The third kappa shape index (κ3) is 18.3. The van der Waals surface area contributed by atoms with Gasteiger partial charge >= 0.3 is 0 Å². The number of aliphatic hydroxyl groups is 2. The van der Waals surface area contributed by atoms with Crippen LogP contribution >= 0.6 is 0 Å². The second kappa shape index (κ2) is 13.4. The van der Waals surface area contributed by atoms with Gasteiger partial charge in [-0.1, -0.05) is 66.7 Å². The van der Waals surface area contributed by atoms with Gasteiger partial charge in [0.1, 0.15) is 0 Å². The Kier molecular flexibility index (Phi) is 15.0. The van der Waals surface area contributed by atoms with Crippen LogP contribution < -0.4 is 0 Å². The lowest BCUT2D eigenvalue weighted by Crippen LogP contribution is -2.03. The lowest BCUT2D eigenvalue weighted by atomic mass is 9.89. The largest absolute Gasteiger partial charge is 0.396 e. The van der Waals surface area contributed by atoms with E-state index in [4.69, 9.17) is 10.2 Å². The molecule has 0 rings (SSSR count). The minimum atomic E-state index is 0.354. The van der Waals surface area contributed by atoms with Gasteiger partial charge in [0.15, 0.2) is 0 Å². The average molecular weight is 260 g/mol. The smallest absolute Gasteiger partial charge is 0.0459 e. The number of rotatable bonds is 8. The van der Waals surface area contributed by atoms with Gasteiger partial charge in [0, 0.05) is 13.2 Å². The zero-order chi connectivity index (χ0) is 14.4. The molecule has 0 aromatic heterocycles. The lowest BCUT2D eigenvalue weighted by molar-refractivity contribution is 0.219. The molecular formula is C16H36O2. The molecule has 0 aliphatic carbocycles. The summed E-state index contributed by atoms with van der Waals surface area (Å²) in [6.45, 7) is 11.7. The molecule has 112 valence electrons. The van der Waals surface area contributed by atoms with Crippen molar-refractivity contribution in [1.29, 1.82) is 0 Å². The minimum Gasteiger partial charge on any atom is -0.396 e. The van der Waals surface area contributed by atoms with Crippen LogP contribution in [0.15, 0.2) is 0 Å². The van der Waals surface area contributed by atoms with Gasteiger partial charge in [-0.05, 0) is 24.2 Å². The fourth-order valence-electron chi connectivity index (χ4n) is 1.67. The predicted molar refractivity (Wildman–Crippen MR) is 80.8 cm³/mol. The van der Waals surface area contributed by atoms with E-state index in [0.29, 0.717) is 24.5 Å². The first kappa shape index (κ1) is 20.2. The Bertz CT molecular complexity index is 140. The fraction of sp³-hybridized carbons (Fsp3) is 1.00. The van der Waals surface area contributed by atoms with Crippen LogP contribution in [0.1, 0.15) is 79.6 Å². The van der Waals surface area contributed by atoms with Crippen molar-refractivity contribution in [2.24, 2.45) is 11.3 Å². The van der Waals surface area contributed by atoms with Crippen molar-refractivity contribution >= 4 is 0 Å². The molecule has 0 aliphatic rings. The highest BCUT2D eigenvalue weighted by molar-refractivity contribution is 4.60. The van der Waals surface area contributed by atoms with Crippen LogP contribution in [-0.2, 0) is 0 Å². The van der Waals surface area contributed by atoms with Crippen LogP contribution in [0.2, 0.25) is 0 Å². The maximum absolute atomic E-state index is 8.53. The number of aliphatic hydroxyl groups excluding tert-OH is 2. The molecule has 18 heavy (non-hydrogen) atoms. The summed E-state index contributed by atoms with van der Waals surface area (Å²) in [5, 5.41) is 17.1. The van der Waals surface area contributed by atoms with E-state index in [1.165, 1.54) is 25.7 Å². The molecule has 2 N–H and O–H groups in total. The van der Waals surface area contributed by atoms with E-state index in [9.17, 15) is 0 Å². The van der Waals surface area contributed by atoms with Crippen molar-refractivity contribution in [3.05, 3.63) is 0 Å². The van der Waals surface area contributed by atoms with E-state index in [0.717, 1.165) is 19.3 Å². The second-order valence-corrected chi connectivity index (χ2v) is 6.31. The summed E-state index contributed by atoms with van der Waals surface area (Å²) < 4.78 is 0. The quantitative estimate of drug-likeness (QED) is 0.635. The predicted octanol–water partition coefficient (Wildman–Crippen LogP) is 4.39. The van der Waals surface area contributed by atoms with Crippen molar-refractivity contribution in [2.45, 2.75) is 79.6 Å². The Morgan fingerprint density at radius 1 is 0.833 bits per heavy atom. The molecule has 0 heterocycles. The Morgan fingerprint density at radius 2 is 1.33 bits per heavy atom. The van der Waals surface area contributed by atoms with Crippen molar-refractivity contribution in [3.8, 4) is 0 Å². The van der Waals surface area contributed by atoms with Gasteiger partial charge in [-0.15, -0.1) is 0 Å². The van der Waals surface area contributed by atoms with E-state index >= 15 is 0 Å². The third-order valence-corrected chi connectivity index (χ3v) is 3.25. The normalized spacial score (nSPS) is 11.3. The van der Waals surface area contributed by atoms with Gasteiger partial charge < -0.3 is 10.2 Å². The average Bonchev–Trinajstić information content (AvgIpc) is 2.30. The van der Waals surface area contributed by atoms with E-state index in [1.54, 1.807) is 0 Å².